The summed E-state index contributed by atoms with van der Waals surface area (Å²) in [6.45, 7) is 1.13. The molecule has 1 aromatic rings. The van der Waals surface area contributed by atoms with E-state index in [1.54, 1.807) is 24.6 Å². The highest BCUT2D eigenvalue weighted by Crippen LogP contribution is 2.27. The number of hydrogen-bond donors (Lipinski definition) is 0. The van der Waals surface area contributed by atoms with Gasteiger partial charge in [-0.2, -0.15) is 17.0 Å². The number of hydrogen-bond acceptors (Lipinski definition) is 3. The second-order valence-corrected chi connectivity index (χ2v) is 6.88. The van der Waals surface area contributed by atoms with E-state index in [0.29, 0.717) is 13.1 Å². The van der Waals surface area contributed by atoms with Gasteiger partial charge in [-0.15, -0.1) is 0 Å². The first-order valence-electron chi connectivity index (χ1n) is 6.10. The molecule has 1 aliphatic rings. The van der Waals surface area contributed by atoms with E-state index in [0.717, 1.165) is 18.5 Å². The minimum atomic E-state index is -3.30. The second kappa shape index (κ2) is 5.34. The second-order valence-electron chi connectivity index (χ2n) is 4.74. The number of nitrogens with zero attached hydrogens (tertiary/aromatic N) is 3. The lowest BCUT2D eigenvalue weighted by atomic mass is 9.96. The van der Waals surface area contributed by atoms with E-state index < -0.39 is 10.2 Å². The van der Waals surface area contributed by atoms with Crippen LogP contribution in [0.25, 0.3) is 0 Å². The molecule has 0 N–H and O–H groups in total. The topological polar surface area (TPSA) is 53.5 Å². The Bertz CT molecular complexity index is 487. The quantitative estimate of drug-likeness (QED) is 0.824. The molecule has 1 atom stereocenters. The van der Waals surface area contributed by atoms with Crippen LogP contribution in [-0.4, -0.2) is 49.2 Å². The Morgan fingerprint density at radius 1 is 1.39 bits per heavy atom. The SMILES string of the molecule is CN(C)S(=O)(=O)N1CCCC(c2ccccn2)C1. The van der Waals surface area contributed by atoms with Crippen LogP contribution in [0.15, 0.2) is 24.4 Å². The maximum absolute atomic E-state index is 12.1. The molecule has 18 heavy (non-hydrogen) atoms. The van der Waals surface area contributed by atoms with Crippen molar-refractivity contribution < 1.29 is 8.42 Å². The maximum atomic E-state index is 12.1. The van der Waals surface area contributed by atoms with E-state index in [-0.39, 0.29) is 5.92 Å². The number of aromatic nitrogens is 1. The van der Waals surface area contributed by atoms with Crippen molar-refractivity contribution in [3.8, 4) is 0 Å². The van der Waals surface area contributed by atoms with Gasteiger partial charge in [-0.3, -0.25) is 4.98 Å². The Kier molecular flexibility index (Phi) is 3.99. The van der Waals surface area contributed by atoms with E-state index in [9.17, 15) is 8.42 Å². The van der Waals surface area contributed by atoms with Crippen molar-refractivity contribution in [2.24, 2.45) is 0 Å². The van der Waals surface area contributed by atoms with Crippen LogP contribution >= 0.6 is 0 Å². The standard InChI is InChI=1S/C12H19N3O2S/c1-14(2)18(16,17)15-9-5-6-11(10-15)12-7-3-4-8-13-12/h3-4,7-8,11H,5-6,9-10H2,1-2H3. The molecule has 1 aliphatic heterocycles. The van der Waals surface area contributed by atoms with Gasteiger partial charge in [-0.25, -0.2) is 0 Å². The molecule has 0 spiro atoms. The van der Waals surface area contributed by atoms with Crippen LogP contribution in [-0.2, 0) is 10.2 Å². The largest absolute Gasteiger partial charge is 0.281 e. The van der Waals surface area contributed by atoms with E-state index >= 15 is 0 Å². The molecule has 1 unspecified atom stereocenters. The Morgan fingerprint density at radius 2 is 2.17 bits per heavy atom. The lowest BCUT2D eigenvalue weighted by Crippen LogP contribution is -2.45. The summed E-state index contributed by atoms with van der Waals surface area (Å²) in [5.41, 5.74) is 0.983. The van der Waals surface area contributed by atoms with Gasteiger partial charge in [0.2, 0.25) is 0 Å². The first-order chi connectivity index (χ1) is 8.51. The summed E-state index contributed by atoms with van der Waals surface area (Å²) in [5, 5.41) is 0. The lowest BCUT2D eigenvalue weighted by Gasteiger charge is -2.33. The molecule has 1 saturated heterocycles. The molecule has 1 fully saturated rings. The van der Waals surface area contributed by atoms with Crippen LogP contribution in [0.2, 0.25) is 0 Å². The molecule has 0 bridgehead atoms. The Labute approximate surface area is 109 Å². The van der Waals surface area contributed by atoms with Crippen molar-refractivity contribution in [2.75, 3.05) is 27.2 Å². The zero-order valence-corrected chi connectivity index (χ0v) is 11.6. The summed E-state index contributed by atoms with van der Waals surface area (Å²) in [6.07, 6.45) is 3.64. The summed E-state index contributed by atoms with van der Waals surface area (Å²) in [5.74, 6) is 0.203. The normalized spacial score (nSPS) is 22.3. The summed E-state index contributed by atoms with van der Waals surface area (Å²) in [4.78, 5) is 4.33. The van der Waals surface area contributed by atoms with E-state index in [1.807, 2.05) is 18.2 Å². The molecule has 1 aromatic heterocycles. The first kappa shape index (κ1) is 13.5. The zero-order chi connectivity index (χ0) is 13.2. The van der Waals surface area contributed by atoms with Gasteiger partial charge in [0.1, 0.15) is 0 Å². The lowest BCUT2D eigenvalue weighted by molar-refractivity contribution is 0.296. The fourth-order valence-electron chi connectivity index (χ4n) is 2.24. The minimum Gasteiger partial charge on any atom is -0.261 e. The van der Waals surface area contributed by atoms with Crippen molar-refractivity contribution in [2.45, 2.75) is 18.8 Å². The van der Waals surface area contributed by atoms with Crippen LogP contribution in [0, 0.1) is 0 Å². The molecule has 2 heterocycles. The van der Waals surface area contributed by atoms with Crippen LogP contribution < -0.4 is 0 Å². The fourth-order valence-corrected chi connectivity index (χ4v) is 3.43. The fraction of sp³-hybridized carbons (Fsp3) is 0.583. The van der Waals surface area contributed by atoms with E-state index in [2.05, 4.69) is 4.98 Å². The molecule has 2 rings (SSSR count). The van der Waals surface area contributed by atoms with Crippen LogP contribution in [0.5, 0.6) is 0 Å². The van der Waals surface area contributed by atoms with Gasteiger partial charge < -0.3 is 0 Å². The molecule has 5 nitrogen and oxygen atoms in total. The zero-order valence-electron chi connectivity index (χ0n) is 10.8. The van der Waals surface area contributed by atoms with Crippen molar-refractivity contribution in [1.82, 2.24) is 13.6 Å². The highest BCUT2D eigenvalue weighted by Gasteiger charge is 2.31. The van der Waals surface area contributed by atoms with Crippen molar-refractivity contribution in [3.63, 3.8) is 0 Å². The van der Waals surface area contributed by atoms with Gasteiger partial charge >= 0.3 is 0 Å². The number of pyridine rings is 1. The summed E-state index contributed by atoms with van der Waals surface area (Å²) in [7, 11) is -0.164. The maximum Gasteiger partial charge on any atom is 0.281 e. The molecule has 0 radical (unpaired) electrons. The van der Waals surface area contributed by atoms with Gasteiger partial charge in [-0.1, -0.05) is 6.07 Å². The van der Waals surface area contributed by atoms with Crippen molar-refractivity contribution >= 4 is 10.2 Å². The van der Waals surface area contributed by atoms with E-state index in [4.69, 9.17) is 0 Å². The minimum absolute atomic E-state index is 0.203. The van der Waals surface area contributed by atoms with Gasteiger partial charge in [0.05, 0.1) is 0 Å². The van der Waals surface area contributed by atoms with Crippen molar-refractivity contribution in [1.29, 1.82) is 0 Å². The highest BCUT2D eigenvalue weighted by atomic mass is 32.2. The molecular weight excluding hydrogens is 250 g/mol. The number of rotatable bonds is 3. The third-order valence-corrected chi connectivity index (χ3v) is 5.19. The van der Waals surface area contributed by atoms with Crippen LogP contribution in [0.3, 0.4) is 0 Å². The molecule has 0 aliphatic carbocycles. The Hall–Kier alpha value is -0.980. The molecular formula is C12H19N3O2S. The molecule has 6 heteroatoms. The molecule has 0 saturated carbocycles. The molecule has 100 valence electrons. The van der Waals surface area contributed by atoms with Crippen molar-refractivity contribution in [3.05, 3.63) is 30.1 Å². The summed E-state index contributed by atoms with van der Waals surface area (Å²) in [6, 6.07) is 5.79. The Balaban J connectivity index is 2.15. The highest BCUT2D eigenvalue weighted by molar-refractivity contribution is 7.86. The van der Waals surface area contributed by atoms with Gasteiger partial charge in [0.25, 0.3) is 10.2 Å². The smallest absolute Gasteiger partial charge is 0.261 e. The van der Waals surface area contributed by atoms with Gasteiger partial charge in [0.15, 0.2) is 0 Å². The van der Waals surface area contributed by atoms with Crippen LogP contribution in [0.4, 0.5) is 0 Å². The Morgan fingerprint density at radius 3 is 2.78 bits per heavy atom. The predicted molar refractivity (Wildman–Crippen MR) is 70.4 cm³/mol. The van der Waals surface area contributed by atoms with Crippen LogP contribution in [0.1, 0.15) is 24.5 Å². The molecule has 0 aromatic carbocycles. The van der Waals surface area contributed by atoms with Gasteiger partial charge in [-0.05, 0) is 25.0 Å². The monoisotopic (exact) mass is 269 g/mol. The van der Waals surface area contributed by atoms with Gasteiger partial charge in [0, 0.05) is 45.0 Å². The summed E-state index contributed by atoms with van der Waals surface area (Å²) < 4.78 is 27.0. The third kappa shape index (κ3) is 2.71. The van der Waals surface area contributed by atoms with E-state index in [1.165, 1.54) is 4.31 Å². The summed E-state index contributed by atoms with van der Waals surface area (Å²) >= 11 is 0. The average molecular weight is 269 g/mol. The number of piperidine rings is 1. The molecule has 0 amide bonds. The average Bonchev–Trinajstić information content (AvgIpc) is 2.40. The third-order valence-electron chi connectivity index (χ3n) is 3.28. The first-order valence-corrected chi connectivity index (χ1v) is 7.50. The predicted octanol–water partition coefficient (Wildman–Crippen LogP) is 1.07.